The monoisotopic (exact) mass is 1430 g/mol. The third-order valence-electron chi connectivity index (χ3n) is 29.9. The van der Waals surface area contributed by atoms with Gasteiger partial charge in [-0.2, -0.15) is 0 Å². The Morgan fingerprint density at radius 3 is 2.05 bits per heavy atom. The summed E-state index contributed by atoms with van der Waals surface area (Å²) in [6.07, 6.45) is 0.751. The minimum atomic E-state index is -1.24. The SMILES string of the molecule is CCC1O[C@@H](OC2[C@H](O[C@H]3CCC4(C)C5CC=C6C7CC(C)(C)CC[C@]7(C(=O)O[C@@H]7OC(COCc8ccccc8)[C@H](N=[N+]=[N-])C(C)C7OC[C@@H]7O[C@@H](C)[C@H](C)C8OC(C)(C)OC87)C(OC)C[C@@]6(C)[C@@]5(C)CC[C@H]4[C@@]3(C)C=O)OC(C(C)=O)[C@H](C)[C@@H]2O[C@@H]2OC[C@H](C)[C@H](C)C2C)C(C)[C@@H](C)[C@H]1C. The Morgan fingerprint density at radius 2 is 1.36 bits per heavy atom. The number of methoxy groups -OCH3 is 1. The van der Waals surface area contributed by atoms with Crippen LogP contribution in [0.4, 0.5) is 0 Å². The van der Waals surface area contributed by atoms with Crippen LogP contribution >= 0.6 is 0 Å². The molecule has 0 N–H and O–H groups in total. The van der Waals surface area contributed by atoms with Gasteiger partial charge in [-0.05, 0) is 172 Å². The maximum Gasteiger partial charge on any atom is 0.317 e. The minimum Gasteiger partial charge on any atom is -0.432 e. The fourth-order valence-electron chi connectivity index (χ4n) is 22.5. The van der Waals surface area contributed by atoms with Crippen LogP contribution in [0, 0.1) is 104 Å². The molecule has 0 amide bonds. The van der Waals surface area contributed by atoms with E-state index in [1.54, 1.807) is 14.0 Å². The first-order chi connectivity index (χ1) is 48.2. The lowest BCUT2D eigenvalue weighted by molar-refractivity contribution is -0.374. The van der Waals surface area contributed by atoms with Crippen molar-refractivity contribution in [3.8, 4) is 0 Å². The number of fused-ring (bicyclic) bond motifs is 8. The number of aldehydes is 1. The number of carbonyl (C=O) groups is 3. The van der Waals surface area contributed by atoms with Crippen LogP contribution in [-0.4, -0.2) is 155 Å². The van der Waals surface area contributed by atoms with Gasteiger partial charge in [-0.3, -0.25) is 9.59 Å². The molecule has 4 saturated carbocycles. The molecule has 20 heteroatoms. The van der Waals surface area contributed by atoms with Crippen LogP contribution in [0.3, 0.4) is 0 Å². The molecule has 6 aliphatic heterocycles. The first kappa shape index (κ1) is 78.2. The highest BCUT2D eigenvalue weighted by molar-refractivity contribution is 5.81. The number of azide groups is 1. The average molecular weight is 1430 g/mol. The maximum absolute atomic E-state index is 16.5. The molecule has 11 aliphatic rings. The van der Waals surface area contributed by atoms with Crippen molar-refractivity contribution in [3.63, 3.8) is 0 Å². The van der Waals surface area contributed by atoms with Crippen LogP contribution in [-0.2, 0) is 87.3 Å². The molecule has 102 heavy (non-hydrogen) atoms. The van der Waals surface area contributed by atoms with Crippen LogP contribution in [0.2, 0.25) is 0 Å². The maximum atomic E-state index is 16.5. The summed E-state index contributed by atoms with van der Waals surface area (Å²) in [7, 11) is 1.76. The number of Topliss-reactive ketones (excluding diaryl/α,β-unsaturated/α-hetero) is 1. The number of ketones is 1. The summed E-state index contributed by atoms with van der Waals surface area (Å²) in [6.45, 7) is 44.2. The van der Waals surface area contributed by atoms with E-state index in [9.17, 15) is 15.1 Å². The van der Waals surface area contributed by atoms with Gasteiger partial charge in [-0.15, -0.1) is 0 Å². The average Bonchev–Trinajstić information content (AvgIpc) is 0.743. The molecule has 5 aliphatic carbocycles. The predicted octanol–water partition coefficient (Wildman–Crippen LogP) is 15.1. The first-order valence-corrected chi connectivity index (χ1v) is 39.4. The number of benzene rings is 1. The van der Waals surface area contributed by atoms with Crippen LogP contribution in [0.25, 0.3) is 10.4 Å². The highest BCUT2D eigenvalue weighted by Gasteiger charge is 2.73. The smallest absolute Gasteiger partial charge is 0.317 e. The number of carbonyl (C=O) groups excluding carboxylic acids is 3. The van der Waals surface area contributed by atoms with Crippen LogP contribution < -0.4 is 0 Å². The third-order valence-corrected chi connectivity index (χ3v) is 29.9. The van der Waals surface area contributed by atoms with Gasteiger partial charge < -0.3 is 71.1 Å². The van der Waals surface area contributed by atoms with E-state index < -0.39 is 126 Å². The molecule has 1 aromatic carbocycles. The molecule has 0 radical (unpaired) electrons. The molecule has 20 nitrogen and oxygen atoms in total. The fraction of sp³-hybridized carbons (Fsp3) is 0.866. The van der Waals surface area contributed by atoms with Crippen LogP contribution in [0.15, 0.2) is 47.1 Å². The van der Waals surface area contributed by atoms with Crippen molar-refractivity contribution in [2.45, 2.75) is 320 Å². The summed E-state index contributed by atoms with van der Waals surface area (Å²) in [5, 5.41) is 4.34. The molecule has 6 heterocycles. The first-order valence-electron chi connectivity index (χ1n) is 39.4. The van der Waals surface area contributed by atoms with Gasteiger partial charge in [0.05, 0.1) is 80.6 Å². The van der Waals surface area contributed by atoms with Crippen molar-refractivity contribution in [1.82, 2.24) is 0 Å². The molecule has 1 aromatic rings. The lowest BCUT2D eigenvalue weighted by atomic mass is 9.33. The minimum absolute atomic E-state index is 0.0214. The van der Waals surface area contributed by atoms with E-state index in [1.165, 1.54) is 11.9 Å². The van der Waals surface area contributed by atoms with Gasteiger partial charge in [-0.25, -0.2) is 0 Å². The zero-order valence-corrected chi connectivity index (χ0v) is 65.5. The van der Waals surface area contributed by atoms with E-state index in [0.29, 0.717) is 56.1 Å². The van der Waals surface area contributed by atoms with Crippen molar-refractivity contribution < 1.29 is 80.7 Å². The van der Waals surface area contributed by atoms with Crippen molar-refractivity contribution >= 4 is 18.0 Å². The lowest BCUT2D eigenvalue weighted by Crippen LogP contribution is -2.69. The van der Waals surface area contributed by atoms with Gasteiger partial charge in [0.25, 0.3) is 0 Å². The van der Waals surface area contributed by atoms with E-state index in [-0.39, 0.29) is 89.1 Å². The number of rotatable bonds is 20. The van der Waals surface area contributed by atoms with Gasteiger partial charge in [0, 0.05) is 35.7 Å². The number of esters is 1. The van der Waals surface area contributed by atoms with E-state index >= 15 is 4.79 Å². The normalized spacial score (nSPS) is 49.6. The number of hydrogen-bond acceptors (Lipinski definition) is 18. The second-order valence-corrected chi connectivity index (χ2v) is 36.5. The molecular formula is C82H127N3O17. The quantitative estimate of drug-likeness (QED) is 0.0225. The van der Waals surface area contributed by atoms with Crippen LogP contribution in [0.1, 0.15) is 208 Å². The summed E-state index contributed by atoms with van der Waals surface area (Å²) < 4.78 is 96.5. The molecule has 0 spiro atoms. The molecule has 34 atom stereocenters. The van der Waals surface area contributed by atoms with Crippen molar-refractivity contribution in [2.24, 2.45) is 109 Å². The molecule has 0 aromatic heterocycles. The fourth-order valence-corrected chi connectivity index (χ4v) is 22.5. The second kappa shape index (κ2) is 29.9. The topological polar surface area (TPSA) is 229 Å². The summed E-state index contributed by atoms with van der Waals surface area (Å²) in [5.41, 5.74) is 9.13. The molecular weight excluding hydrogens is 1300 g/mol. The molecule has 10 fully saturated rings. The Balaban J connectivity index is 0.844. The molecule has 0 bridgehead atoms. The summed E-state index contributed by atoms with van der Waals surface area (Å²) in [4.78, 5) is 48.4. The van der Waals surface area contributed by atoms with E-state index in [4.69, 9.17) is 66.3 Å². The zero-order chi connectivity index (χ0) is 73.7. The number of allylic oxidation sites excluding steroid dienone is 2. The Bertz CT molecular complexity index is 3200. The number of hydrogen-bond donors (Lipinski definition) is 0. The largest absolute Gasteiger partial charge is 0.432 e. The Labute approximate surface area is 609 Å². The molecule has 12 rings (SSSR count). The third kappa shape index (κ3) is 13.7. The van der Waals surface area contributed by atoms with E-state index in [2.05, 4.69) is 113 Å². The molecule has 6 saturated heterocycles. The standard InChI is InChI=1S/C82H127N3O17/c1-22-57-46(5)45(4)48(7)72(94-57)99-70-66(98-71-47(6)44(3)43(2)38-92-71)51(10)65(52(11)87)97-74(70)96-62-31-32-78(17)60(79(62,18)42-86)30-33-80(19)61(78)29-28-55-56-36-76(13,14)34-35-82(56,63(89-21)37-81(55,80)20)75(88)100-73-68(91-41-59-69-67(49(8)53(12)93-59)101-77(15,16)102-69)50(9)64(84-85-83)58(95-73)40-90-39-54-26-24-23-25-27-54/h23-28,42-51,53,56-74H,22,29-41H2,1-21H3/t43-,44-,45-,46+,47?,48?,49-,50?,51-,53-,56?,57?,58?,59-,60+,61?,62-,63?,64+,65?,66-,67?,68?,69?,70?,71-,72-,73-,74+,78?,79+,80-,81+,82+/m0/s1. The van der Waals surface area contributed by atoms with Crippen molar-refractivity contribution in [3.05, 3.63) is 58.0 Å². The zero-order valence-electron chi connectivity index (χ0n) is 65.5. The van der Waals surface area contributed by atoms with Crippen molar-refractivity contribution in [1.29, 1.82) is 0 Å². The van der Waals surface area contributed by atoms with Gasteiger partial charge in [0.2, 0.25) is 6.29 Å². The summed E-state index contributed by atoms with van der Waals surface area (Å²) in [5.74, 6) is -1.08. The van der Waals surface area contributed by atoms with Gasteiger partial charge in [-0.1, -0.05) is 158 Å². The molecule has 572 valence electrons. The summed E-state index contributed by atoms with van der Waals surface area (Å²) >= 11 is 0. The van der Waals surface area contributed by atoms with E-state index in [1.807, 2.05) is 65.0 Å². The van der Waals surface area contributed by atoms with Crippen LogP contribution in [0.5, 0.6) is 0 Å². The summed E-state index contributed by atoms with van der Waals surface area (Å²) in [6, 6.07) is 9.12. The lowest BCUT2D eigenvalue weighted by Gasteiger charge is -2.71. The second-order valence-electron chi connectivity index (χ2n) is 36.5. The highest BCUT2D eigenvalue weighted by atomic mass is 16.8. The Morgan fingerprint density at radius 1 is 0.667 bits per heavy atom. The van der Waals surface area contributed by atoms with Gasteiger partial charge in [0.15, 0.2) is 30.4 Å². The Hall–Kier alpha value is -3.44. The number of ether oxygens (including phenoxy) is 14. The highest BCUT2D eigenvalue weighted by Crippen LogP contribution is 2.76. The van der Waals surface area contributed by atoms with Gasteiger partial charge >= 0.3 is 5.97 Å². The Kier molecular flexibility index (Phi) is 22.9. The van der Waals surface area contributed by atoms with Crippen molar-refractivity contribution in [2.75, 3.05) is 26.9 Å². The predicted molar refractivity (Wildman–Crippen MR) is 382 cm³/mol. The molecule has 14 unspecified atom stereocenters. The van der Waals surface area contributed by atoms with E-state index in [0.717, 1.165) is 50.5 Å². The van der Waals surface area contributed by atoms with Gasteiger partial charge in [0.1, 0.15) is 42.2 Å². The number of nitrogens with zero attached hydrogens (tertiary/aromatic N) is 3.